The third-order valence-electron chi connectivity index (χ3n) is 3.94. The fraction of sp³-hybridized carbons (Fsp3) is 0.200. The smallest absolute Gasteiger partial charge is 0.441 e. The first-order valence-electron chi connectivity index (χ1n) is 8.38. The van der Waals surface area contributed by atoms with Gasteiger partial charge < -0.3 is 14.5 Å². The van der Waals surface area contributed by atoms with Crippen LogP contribution in [0.3, 0.4) is 0 Å². The van der Waals surface area contributed by atoms with Gasteiger partial charge in [-0.3, -0.25) is 4.79 Å². The van der Waals surface area contributed by atoms with Crippen LogP contribution in [-0.2, 0) is 11.2 Å². The molecule has 3 rings (SSSR count). The molecule has 146 valence electrons. The summed E-state index contributed by atoms with van der Waals surface area (Å²) in [5.41, 5.74) is 2.64. The number of nitrogens with one attached hydrogen (secondary N) is 1. The second-order valence-corrected chi connectivity index (χ2v) is 6.16. The molecule has 0 aliphatic heterocycles. The molecule has 0 atom stereocenters. The van der Waals surface area contributed by atoms with E-state index in [4.69, 9.17) is 4.42 Å². The van der Waals surface area contributed by atoms with Crippen molar-refractivity contribution in [3.8, 4) is 17.2 Å². The maximum absolute atomic E-state index is 12.2. The van der Waals surface area contributed by atoms with Crippen LogP contribution in [0, 0.1) is 13.8 Å². The number of alkyl halides is 3. The number of amides is 1. The van der Waals surface area contributed by atoms with Gasteiger partial charge in [0.25, 0.3) is 0 Å². The average Bonchev–Trinajstić information content (AvgIpc) is 2.95. The predicted octanol–water partition coefficient (Wildman–Crippen LogP) is 5.04. The Kier molecular flexibility index (Phi) is 5.39. The highest BCUT2D eigenvalue weighted by Gasteiger charge is 2.30. The van der Waals surface area contributed by atoms with Gasteiger partial charge in [0.05, 0.1) is 12.1 Å². The Balaban J connectivity index is 1.64. The molecule has 0 fully saturated rings. The van der Waals surface area contributed by atoms with Gasteiger partial charge in [-0.05, 0) is 49.7 Å². The van der Waals surface area contributed by atoms with Crippen LogP contribution in [0.25, 0.3) is 11.5 Å². The first kappa shape index (κ1) is 19.5. The Morgan fingerprint density at radius 3 is 2.46 bits per heavy atom. The van der Waals surface area contributed by atoms with Crippen molar-refractivity contribution < 1.29 is 27.1 Å². The van der Waals surface area contributed by atoms with Crippen LogP contribution in [-0.4, -0.2) is 17.3 Å². The number of rotatable bonds is 5. The maximum Gasteiger partial charge on any atom is 0.573 e. The lowest BCUT2D eigenvalue weighted by Crippen LogP contribution is -2.17. The van der Waals surface area contributed by atoms with E-state index in [9.17, 15) is 18.0 Å². The van der Waals surface area contributed by atoms with Crippen LogP contribution in [0.5, 0.6) is 5.75 Å². The molecule has 0 saturated heterocycles. The van der Waals surface area contributed by atoms with Crippen molar-refractivity contribution in [1.82, 2.24) is 4.98 Å². The van der Waals surface area contributed by atoms with Crippen molar-refractivity contribution in [3.63, 3.8) is 0 Å². The van der Waals surface area contributed by atoms with Crippen LogP contribution >= 0.6 is 0 Å². The van der Waals surface area contributed by atoms with E-state index in [0.717, 1.165) is 17.0 Å². The summed E-state index contributed by atoms with van der Waals surface area (Å²) >= 11 is 0. The lowest BCUT2D eigenvalue weighted by Gasteiger charge is -2.09. The van der Waals surface area contributed by atoms with Crippen molar-refractivity contribution in [3.05, 3.63) is 65.5 Å². The van der Waals surface area contributed by atoms with E-state index < -0.39 is 6.36 Å². The number of carbonyl (C=O) groups is 1. The van der Waals surface area contributed by atoms with Gasteiger partial charge in [0.2, 0.25) is 11.8 Å². The van der Waals surface area contributed by atoms with Crippen molar-refractivity contribution in [2.45, 2.75) is 26.6 Å². The molecule has 1 amide bonds. The van der Waals surface area contributed by atoms with Crippen molar-refractivity contribution in [1.29, 1.82) is 0 Å². The van der Waals surface area contributed by atoms with Gasteiger partial charge in [-0.25, -0.2) is 4.98 Å². The number of hydrogen-bond acceptors (Lipinski definition) is 4. The summed E-state index contributed by atoms with van der Waals surface area (Å²) in [7, 11) is 0. The average molecular weight is 390 g/mol. The molecule has 0 aliphatic rings. The maximum atomic E-state index is 12.2. The van der Waals surface area contributed by atoms with Gasteiger partial charge >= 0.3 is 6.36 Å². The Bertz CT molecular complexity index is 960. The Hall–Kier alpha value is -3.29. The van der Waals surface area contributed by atoms with Crippen molar-refractivity contribution in [2.75, 3.05) is 5.32 Å². The summed E-state index contributed by atoms with van der Waals surface area (Å²) in [6.07, 6.45) is -4.74. The van der Waals surface area contributed by atoms with Gasteiger partial charge in [0.15, 0.2) is 0 Å². The number of benzene rings is 2. The molecule has 8 heteroatoms. The molecular weight excluding hydrogens is 373 g/mol. The van der Waals surface area contributed by atoms with Gasteiger partial charge in [-0.15, -0.1) is 13.2 Å². The molecule has 1 heterocycles. The van der Waals surface area contributed by atoms with E-state index in [-0.39, 0.29) is 18.1 Å². The number of oxazole rings is 1. The standard InChI is InChI=1S/C20H17F3N2O3/c1-12-13(2)27-19(24-12)15-4-3-5-16(11-15)25-18(26)10-14-6-8-17(9-7-14)28-20(21,22)23/h3-9,11H,10H2,1-2H3,(H,25,26). The third kappa shape index (κ3) is 5.12. The normalized spacial score (nSPS) is 11.3. The van der Waals surface area contributed by atoms with Gasteiger partial charge in [0.1, 0.15) is 11.5 Å². The van der Waals surface area contributed by atoms with E-state index in [1.54, 1.807) is 18.2 Å². The molecule has 1 N–H and O–H groups in total. The second kappa shape index (κ2) is 7.75. The Morgan fingerprint density at radius 1 is 1.14 bits per heavy atom. The largest absolute Gasteiger partial charge is 0.573 e. The lowest BCUT2D eigenvalue weighted by atomic mass is 10.1. The summed E-state index contributed by atoms with van der Waals surface area (Å²) < 4.78 is 45.9. The number of halogens is 3. The minimum Gasteiger partial charge on any atom is -0.441 e. The number of hydrogen-bond donors (Lipinski definition) is 1. The zero-order valence-corrected chi connectivity index (χ0v) is 15.1. The molecule has 0 spiro atoms. The monoisotopic (exact) mass is 390 g/mol. The molecule has 0 unspecified atom stereocenters. The number of aromatic nitrogens is 1. The molecule has 1 aromatic heterocycles. The van der Waals surface area contributed by atoms with Gasteiger partial charge in [-0.2, -0.15) is 0 Å². The molecule has 2 aromatic carbocycles. The topological polar surface area (TPSA) is 64.4 Å². The quantitative estimate of drug-likeness (QED) is 0.663. The Morgan fingerprint density at radius 2 is 1.86 bits per heavy atom. The zero-order valence-electron chi connectivity index (χ0n) is 15.1. The summed E-state index contributed by atoms with van der Waals surface area (Å²) in [5, 5.41) is 2.76. The number of ether oxygens (including phenoxy) is 1. The highest BCUT2D eigenvalue weighted by atomic mass is 19.4. The highest BCUT2D eigenvalue weighted by Crippen LogP contribution is 2.25. The Labute approximate surface area is 159 Å². The molecule has 0 aliphatic carbocycles. The van der Waals surface area contributed by atoms with Gasteiger partial charge in [0, 0.05) is 11.3 Å². The molecule has 0 bridgehead atoms. The van der Waals surface area contributed by atoms with E-state index in [2.05, 4.69) is 15.0 Å². The number of nitrogens with zero attached hydrogens (tertiary/aromatic N) is 1. The molecule has 0 radical (unpaired) electrons. The molecule has 0 saturated carbocycles. The third-order valence-corrected chi connectivity index (χ3v) is 3.94. The van der Waals surface area contributed by atoms with E-state index in [1.807, 2.05) is 19.9 Å². The fourth-order valence-electron chi connectivity index (χ4n) is 2.53. The lowest BCUT2D eigenvalue weighted by molar-refractivity contribution is -0.274. The predicted molar refractivity (Wildman–Crippen MR) is 96.9 cm³/mol. The van der Waals surface area contributed by atoms with Crippen LogP contribution < -0.4 is 10.1 Å². The van der Waals surface area contributed by atoms with E-state index >= 15 is 0 Å². The van der Waals surface area contributed by atoms with Crippen LogP contribution in [0.2, 0.25) is 0 Å². The number of carbonyl (C=O) groups excluding carboxylic acids is 1. The van der Waals surface area contributed by atoms with Crippen molar-refractivity contribution in [2.24, 2.45) is 0 Å². The van der Waals surface area contributed by atoms with E-state index in [1.165, 1.54) is 24.3 Å². The molecule has 5 nitrogen and oxygen atoms in total. The van der Waals surface area contributed by atoms with E-state index in [0.29, 0.717) is 17.1 Å². The van der Waals surface area contributed by atoms with Crippen LogP contribution in [0.4, 0.5) is 18.9 Å². The number of aryl methyl sites for hydroxylation is 2. The van der Waals surface area contributed by atoms with Gasteiger partial charge in [-0.1, -0.05) is 18.2 Å². The van der Waals surface area contributed by atoms with Crippen LogP contribution in [0.1, 0.15) is 17.0 Å². The highest BCUT2D eigenvalue weighted by molar-refractivity contribution is 5.92. The summed E-state index contributed by atoms with van der Waals surface area (Å²) in [6.45, 7) is 3.67. The summed E-state index contributed by atoms with van der Waals surface area (Å²) in [6, 6.07) is 12.2. The zero-order chi connectivity index (χ0) is 20.3. The first-order chi connectivity index (χ1) is 13.2. The van der Waals surface area contributed by atoms with Crippen LogP contribution in [0.15, 0.2) is 52.9 Å². The second-order valence-electron chi connectivity index (χ2n) is 6.16. The summed E-state index contributed by atoms with van der Waals surface area (Å²) in [5.74, 6) is 0.552. The van der Waals surface area contributed by atoms with Crippen molar-refractivity contribution >= 4 is 11.6 Å². The minimum atomic E-state index is -4.75. The number of anilines is 1. The summed E-state index contributed by atoms with van der Waals surface area (Å²) in [4.78, 5) is 16.6. The molecule has 3 aromatic rings. The minimum absolute atomic E-state index is 0.00768. The molecule has 28 heavy (non-hydrogen) atoms. The first-order valence-corrected chi connectivity index (χ1v) is 8.38. The fourth-order valence-corrected chi connectivity index (χ4v) is 2.53. The molecular formula is C20H17F3N2O3. The SMILES string of the molecule is Cc1nc(-c2cccc(NC(=O)Cc3ccc(OC(F)(F)F)cc3)c2)oc1C.